The number of aryl methyl sites for hydroxylation is 1. The second-order valence-corrected chi connectivity index (χ2v) is 7.56. The van der Waals surface area contributed by atoms with Crippen LogP contribution >= 0.6 is 0 Å². The second kappa shape index (κ2) is 10.4. The van der Waals surface area contributed by atoms with Gasteiger partial charge < -0.3 is 14.6 Å². The van der Waals surface area contributed by atoms with Crippen molar-refractivity contribution in [2.45, 2.75) is 13.5 Å². The van der Waals surface area contributed by atoms with Crippen LogP contribution in [0, 0.1) is 6.92 Å². The van der Waals surface area contributed by atoms with Crippen molar-refractivity contribution in [1.29, 1.82) is 0 Å². The molecule has 0 aliphatic carbocycles. The van der Waals surface area contributed by atoms with Gasteiger partial charge in [-0.3, -0.25) is 9.89 Å². The summed E-state index contributed by atoms with van der Waals surface area (Å²) in [6.07, 6.45) is 1.34. The molecule has 34 heavy (non-hydrogen) atoms. The summed E-state index contributed by atoms with van der Waals surface area (Å²) in [6.45, 7) is 2.54. The maximum Gasteiger partial charge on any atom is 0.289 e. The van der Waals surface area contributed by atoms with Gasteiger partial charge in [-0.15, -0.1) is 0 Å². The van der Waals surface area contributed by atoms with E-state index in [2.05, 4.69) is 39.8 Å². The van der Waals surface area contributed by atoms with Crippen LogP contribution < -0.4 is 14.9 Å². The van der Waals surface area contributed by atoms with E-state index in [0.717, 1.165) is 16.9 Å². The number of methoxy groups -OCH3 is 1. The SMILES string of the molecule is COc1cccc(C=NNC(=O)c2cc(-c3ccc(OCc4ccc(C)cc4)cc3)n[nH]2)c1O. The normalized spacial score (nSPS) is 10.9. The predicted octanol–water partition coefficient (Wildman–Crippen LogP) is 4.44. The Kier molecular flexibility index (Phi) is 6.88. The van der Waals surface area contributed by atoms with E-state index in [-0.39, 0.29) is 11.4 Å². The van der Waals surface area contributed by atoms with Gasteiger partial charge in [0.15, 0.2) is 11.5 Å². The molecule has 172 valence electrons. The van der Waals surface area contributed by atoms with Crippen molar-refractivity contribution in [2.24, 2.45) is 5.10 Å². The van der Waals surface area contributed by atoms with Crippen molar-refractivity contribution in [3.8, 4) is 28.5 Å². The van der Waals surface area contributed by atoms with Crippen LogP contribution in [-0.2, 0) is 6.61 Å². The quantitative estimate of drug-likeness (QED) is 0.268. The van der Waals surface area contributed by atoms with Gasteiger partial charge in [-0.05, 0) is 55.0 Å². The van der Waals surface area contributed by atoms with Crippen LogP contribution in [0.25, 0.3) is 11.3 Å². The van der Waals surface area contributed by atoms with Crippen LogP contribution in [-0.4, -0.2) is 34.5 Å². The lowest BCUT2D eigenvalue weighted by Gasteiger charge is -2.07. The smallest absolute Gasteiger partial charge is 0.289 e. The predicted molar refractivity (Wildman–Crippen MR) is 129 cm³/mol. The number of para-hydroxylation sites is 1. The standard InChI is InChI=1S/C26H24N4O4/c1-17-6-8-18(9-7-17)16-34-21-12-10-19(11-13-21)22-14-23(29-28-22)26(32)30-27-15-20-4-3-5-24(33-2)25(20)31/h3-15,31H,16H2,1-2H3,(H,28,29)(H,30,32). The van der Waals surface area contributed by atoms with Crippen LogP contribution in [0.15, 0.2) is 77.9 Å². The maximum atomic E-state index is 12.4. The van der Waals surface area contributed by atoms with Crippen molar-refractivity contribution >= 4 is 12.1 Å². The number of phenolic OH excluding ortho intramolecular Hbond substituents is 1. The molecule has 0 bridgehead atoms. The maximum absolute atomic E-state index is 12.4. The zero-order valence-corrected chi connectivity index (χ0v) is 18.8. The number of carbonyl (C=O) groups is 1. The van der Waals surface area contributed by atoms with E-state index in [1.165, 1.54) is 18.9 Å². The zero-order chi connectivity index (χ0) is 23.9. The summed E-state index contributed by atoms with van der Waals surface area (Å²) >= 11 is 0. The summed E-state index contributed by atoms with van der Waals surface area (Å²) in [6, 6.07) is 22.3. The Morgan fingerprint density at radius 2 is 1.88 bits per heavy atom. The van der Waals surface area contributed by atoms with E-state index in [1.807, 2.05) is 36.4 Å². The van der Waals surface area contributed by atoms with E-state index in [9.17, 15) is 9.90 Å². The Labute approximate surface area is 196 Å². The van der Waals surface area contributed by atoms with Crippen molar-refractivity contribution in [3.63, 3.8) is 0 Å². The van der Waals surface area contributed by atoms with Gasteiger partial charge in [0.05, 0.1) is 19.0 Å². The first-order valence-electron chi connectivity index (χ1n) is 10.6. The minimum atomic E-state index is -0.463. The highest BCUT2D eigenvalue weighted by molar-refractivity contribution is 5.94. The van der Waals surface area contributed by atoms with Gasteiger partial charge in [0.1, 0.15) is 18.1 Å². The Bertz CT molecular complexity index is 1300. The average Bonchev–Trinajstić information content (AvgIpc) is 3.35. The lowest BCUT2D eigenvalue weighted by Crippen LogP contribution is -2.18. The number of nitrogens with zero attached hydrogens (tertiary/aromatic N) is 2. The fourth-order valence-corrected chi connectivity index (χ4v) is 3.19. The van der Waals surface area contributed by atoms with E-state index < -0.39 is 5.91 Å². The third kappa shape index (κ3) is 5.42. The molecular formula is C26H24N4O4. The molecule has 0 unspecified atom stereocenters. The molecule has 0 aliphatic heterocycles. The molecule has 0 saturated carbocycles. The van der Waals surface area contributed by atoms with Crippen LogP contribution in [0.5, 0.6) is 17.2 Å². The number of benzene rings is 3. The largest absolute Gasteiger partial charge is 0.504 e. The van der Waals surface area contributed by atoms with Gasteiger partial charge in [0.2, 0.25) is 0 Å². The number of carbonyl (C=O) groups excluding carboxylic acids is 1. The molecule has 1 aromatic heterocycles. The number of aromatic amines is 1. The number of nitrogens with one attached hydrogen (secondary N) is 2. The first-order chi connectivity index (χ1) is 16.5. The van der Waals surface area contributed by atoms with Gasteiger partial charge in [0, 0.05) is 11.1 Å². The summed E-state index contributed by atoms with van der Waals surface area (Å²) in [7, 11) is 1.46. The van der Waals surface area contributed by atoms with Crippen molar-refractivity contribution in [1.82, 2.24) is 15.6 Å². The summed E-state index contributed by atoms with van der Waals surface area (Å²) in [5.41, 5.74) is 6.83. The van der Waals surface area contributed by atoms with E-state index in [1.54, 1.807) is 24.3 Å². The molecule has 8 nitrogen and oxygen atoms in total. The number of aromatic nitrogens is 2. The first kappa shape index (κ1) is 22.6. The second-order valence-electron chi connectivity index (χ2n) is 7.56. The molecule has 0 saturated heterocycles. The highest BCUT2D eigenvalue weighted by atomic mass is 16.5. The molecule has 0 fully saturated rings. The Balaban J connectivity index is 1.35. The lowest BCUT2D eigenvalue weighted by atomic mass is 10.1. The van der Waals surface area contributed by atoms with Gasteiger partial charge in [-0.2, -0.15) is 10.2 Å². The van der Waals surface area contributed by atoms with Crippen molar-refractivity contribution in [3.05, 3.63) is 95.2 Å². The van der Waals surface area contributed by atoms with Crippen LogP contribution in [0.2, 0.25) is 0 Å². The monoisotopic (exact) mass is 456 g/mol. The Morgan fingerprint density at radius 1 is 1.12 bits per heavy atom. The van der Waals surface area contributed by atoms with Crippen molar-refractivity contribution in [2.75, 3.05) is 7.11 Å². The first-order valence-corrected chi connectivity index (χ1v) is 10.6. The topological polar surface area (TPSA) is 109 Å². The average molecular weight is 457 g/mol. The molecule has 3 N–H and O–H groups in total. The van der Waals surface area contributed by atoms with Crippen molar-refractivity contribution < 1.29 is 19.4 Å². The van der Waals surface area contributed by atoms with Gasteiger partial charge >= 0.3 is 0 Å². The summed E-state index contributed by atoms with van der Waals surface area (Å²) in [4.78, 5) is 12.4. The highest BCUT2D eigenvalue weighted by Gasteiger charge is 2.11. The molecular weight excluding hydrogens is 432 g/mol. The van der Waals surface area contributed by atoms with E-state index in [0.29, 0.717) is 23.6 Å². The zero-order valence-electron chi connectivity index (χ0n) is 18.8. The number of amides is 1. The molecule has 4 aromatic rings. The Hall–Kier alpha value is -4.59. The van der Waals surface area contributed by atoms with Gasteiger partial charge in [-0.1, -0.05) is 35.9 Å². The molecule has 0 radical (unpaired) electrons. The number of hydrogen-bond acceptors (Lipinski definition) is 6. The molecule has 0 spiro atoms. The van der Waals surface area contributed by atoms with Gasteiger partial charge in [-0.25, -0.2) is 5.43 Å². The third-order valence-electron chi connectivity index (χ3n) is 5.12. The number of rotatable bonds is 8. The molecule has 1 heterocycles. The number of phenols is 1. The van der Waals surface area contributed by atoms with Crippen LogP contribution in [0.3, 0.4) is 0 Å². The summed E-state index contributed by atoms with van der Waals surface area (Å²) < 4.78 is 10.9. The number of hydrazone groups is 1. The van der Waals surface area contributed by atoms with E-state index in [4.69, 9.17) is 9.47 Å². The fourth-order valence-electron chi connectivity index (χ4n) is 3.19. The Morgan fingerprint density at radius 3 is 2.62 bits per heavy atom. The van der Waals surface area contributed by atoms with E-state index >= 15 is 0 Å². The molecule has 0 aliphatic rings. The number of ether oxygens (including phenoxy) is 2. The number of aromatic hydroxyl groups is 1. The molecule has 4 rings (SSSR count). The van der Waals surface area contributed by atoms with Gasteiger partial charge in [0.25, 0.3) is 5.91 Å². The molecule has 0 atom stereocenters. The fraction of sp³-hybridized carbons (Fsp3) is 0.115. The number of hydrogen-bond donors (Lipinski definition) is 3. The highest BCUT2D eigenvalue weighted by Crippen LogP contribution is 2.28. The minimum absolute atomic E-state index is 0.0573. The molecule has 8 heteroatoms. The lowest BCUT2D eigenvalue weighted by molar-refractivity contribution is 0.0950. The molecule has 3 aromatic carbocycles. The minimum Gasteiger partial charge on any atom is -0.504 e. The molecule has 1 amide bonds. The number of H-pyrrole nitrogens is 1. The van der Waals surface area contributed by atoms with Crippen LogP contribution in [0.1, 0.15) is 27.2 Å². The summed E-state index contributed by atoms with van der Waals surface area (Å²) in [5.74, 6) is 0.543. The summed E-state index contributed by atoms with van der Waals surface area (Å²) in [5, 5.41) is 20.9. The van der Waals surface area contributed by atoms with Crippen LogP contribution in [0.4, 0.5) is 0 Å². The third-order valence-corrected chi connectivity index (χ3v) is 5.12.